The van der Waals surface area contributed by atoms with E-state index < -0.39 is 10.0 Å². The quantitative estimate of drug-likeness (QED) is 0.705. The highest BCUT2D eigenvalue weighted by Crippen LogP contribution is 2.11. The lowest BCUT2D eigenvalue weighted by molar-refractivity contribution is 0.189. The lowest BCUT2D eigenvalue weighted by Crippen LogP contribution is -2.28. The zero-order valence-electron chi connectivity index (χ0n) is 8.80. The lowest BCUT2D eigenvalue weighted by Gasteiger charge is -2.15. The maximum atomic E-state index is 11.8. The summed E-state index contributed by atoms with van der Waals surface area (Å²) in [7, 11) is -0.265. The van der Waals surface area contributed by atoms with Crippen LogP contribution in [0.4, 0.5) is 0 Å². The summed E-state index contributed by atoms with van der Waals surface area (Å²) in [4.78, 5) is 0.183. The topological polar surface area (TPSA) is 75.3 Å². The Morgan fingerprint density at radius 1 is 1.60 bits per heavy atom. The number of hydrogen-bond acceptors (Lipinski definition) is 4. The number of methoxy groups -OCH3 is 1. The molecule has 1 aromatic heterocycles. The van der Waals surface area contributed by atoms with E-state index in [1.54, 1.807) is 7.11 Å². The normalized spacial score (nSPS) is 12.2. The minimum absolute atomic E-state index is 0.183. The summed E-state index contributed by atoms with van der Waals surface area (Å²) >= 11 is 0. The van der Waals surface area contributed by atoms with Crippen LogP contribution in [0.1, 0.15) is 6.42 Å². The first-order valence-corrected chi connectivity index (χ1v) is 5.97. The van der Waals surface area contributed by atoms with Gasteiger partial charge in [0.15, 0.2) is 0 Å². The van der Waals surface area contributed by atoms with Gasteiger partial charge in [-0.2, -0.15) is 5.10 Å². The van der Waals surface area contributed by atoms with Crippen molar-refractivity contribution < 1.29 is 13.2 Å². The van der Waals surface area contributed by atoms with Gasteiger partial charge in [0.05, 0.1) is 6.20 Å². The SMILES string of the molecule is COCCCN(C)S(=O)(=O)c1cn[nH]c1. The van der Waals surface area contributed by atoms with Crippen molar-refractivity contribution in [3.8, 4) is 0 Å². The van der Waals surface area contributed by atoms with Crippen LogP contribution in [-0.2, 0) is 14.8 Å². The average molecular weight is 233 g/mol. The number of sulfonamides is 1. The monoisotopic (exact) mass is 233 g/mol. The summed E-state index contributed by atoms with van der Waals surface area (Å²) in [6, 6.07) is 0. The Hall–Kier alpha value is -0.920. The second-order valence-electron chi connectivity index (χ2n) is 3.11. The first-order valence-electron chi connectivity index (χ1n) is 4.53. The van der Waals surface area contributed by atoms with Gasteiger partial charge in [0.2, 0.25) is 10.0 Å². The van der Waals surface area contributed by atoms with Gasteiger partial charge in [-0.25, -0.2) is 12.7 Å². The minimum atomic E-state index is -3.39. The van der Waals surface area contributed by atoms with Crippen molar-refractivity contribution in [2.24, 2.45) is 0 Å². The molecule has 0 spiro atoms. The Morgan fingerprint density at radius 2 is 2.33 bits per heavy atom. The maximum absolute atomic E-state index is 11.8. The predicted molar refractivity (Wildman–Crippen MR) is 54.9 cm³/mol. The number of hydrogen-bond donors (Lipinski definition) is 1. The third-order valence-electron chi connectivity index (χ3n) is 2.00. The maximum Gasteiger partial charge on any atom is 0.245 e. The molecule has 1 N–H and O–H groups in total. The molecule has 0 fully saturated rings. The first kappa shape index (κ1) is 12.2. The molecule has 0 saturated heterocycles. The van der Waals surface area contributed by atoms with Gasteiger partial charge in [-0.1, -0.05) is 0 Å². The smallest absolute Gasteiger partial charge is 0.245 e. The third-order valence-corrected chi connectivity index (χ3v) is 3.82. The number of ether oxygens (including phenoxy) is 1. The van der Waals surface area contributed by atoms with Gasteiger partial charge in [-0.3, -0.25) is 5.10 Å². The minimum Gasteiger partial charge on any atom is -0.385 e. The van der Waals surface area contributed by atoms with Crippen LogP contribution >= 0.6 is 0 Å². The standard InChI is InChI=1S/C8H15N3O3S/c1-11(4-3-5-14-2)15(12,13)8-6-9-10-7-8/h6-7H,3-5H2,1-2H3,(H,9,10). The molecule has 0 bridgehead atoms. The lowest BCUT2D eigenvalue weighted by atomic mass is 10.5. The fourth-order valence-corrected chi connectivity index (χ4v) is 2.23. The highest BCUT2D eigenvalue weighted by atomic mass is 32.2. The molecule has 1 heterocycles. The summed E-state index contributed by atoms with van der Waals surface area (Å²) in [5, 5.41) is 6.09. The van der Waals surface area contributed by atoms with Crippen molar-refractivity contribution in [1.29, 1.82) is 0 Å². The summed E-state index contributed by atoms with van der Waals surface area (Å²) < 4.78 is 29.8. The van der Waals surface area contributed by atoms with Crippen LogP contribution < -0.4 is 0 Å². The molecule has 15 heavy (non-hydrogen) atoms. The van der Waals surface area contributed by atoms with Crippen molar-refractivity contribution in [3.05, 3.63) is 12.4 Å². The van der Waals surface area contributed by atoms with Crippen LogP contribution in [0.3, 0.4) is 0 Å². The number of aromatic nitrogens is 2. The molecule has 0 aromatic carbocycles. The highest BCUT2D eigenvalue weighted by molar-refractivity contribution is 7.89. The Labute approximate surface area is 89.3 Å². The largest absolute Gasteiger partial charge is 0.385 e. The van der Waals surface area contributed by atoms with Crippen molar-refractivity contribution >= 4 is 10.0 Å². The molecule has 1 rings (SSSR count). The van der Waals surface area contributed by atoms with Gasteiger partial charge >= 0.3 is 0 Å². The van der Waals surface area contributed by atoms with E-state index in [9.17, 15) is 8.42 Å². The number of nitrogens with zero attached hydrogens (tertiary/aromatic N) is 2. The second-order valence-corrected chi connectivity index (χ2v) is 5.15. The van der Waals surface area contributed by atoms with Crippen molar-refractivity contribution in [3.63, 3.8) is 0 Å². The molecular weight excluding hydrogens is 218 g/mol. The van der Waals surface area contributed by atoms with E-state index in [0.717, 1.165) is 0 Å². The zero-order valence-corrected chi connectivity index (χ0v) is 9.62. The summed E-state index contributed by atoms with van der Waals surface area (Å²) in [5.74, 6) is 0. The van der Waals surface area contributed by atoms with Gasteiger partial charge in [-0.05, 0) is 6.42 Å². The number of rotatable bonds is 6. The second kappa shape index (κ2) is 5.24. The van der Waals surface area contributed by atoms with E-state index in [1.165, 1.54) is 23.7 Å². The highest BCUT2D eigenvalue weighted by Gasteiger charge is 2.20. The van der Waals surface area contributed by atoms with E-state index in [-0.39, 0.29) is 4.90 Å². The van der Waals surface area contributed by atoms with E-state index in [0.29, 0.717) is 19.6 Å². The molecule has 6 nitrogen and oxygen atoms in total. The number of nitrogens with one attached hydrogen (secondary N) is 1. The molecule has 86 valence electrons. The van der Waals surface area contributed by atoms with Crippen molar-refractivity contribution in [1.82, 2.24) is 14.5 Å². The average Bonchev–Trinajstić information content (AvgIpc) is 2.71. The van der Waals surface area contributed by atoms with E-state index >= 15 is 0 Å². The predicted octanol–water partition coefficient (Wildman–Crippen LogP) is 0.0667. The molecule has 0 radical (unpaired) electrons. The first-order chi connectivity index (χ1) is 7.09. The molecule has 0 saturated carbocycles. The van der Waals surface area contributed by atoms with Gasteiger partial charge in [0, 0.05) is 33.5 Å². The fourth-order valence-electron chi connectivity index (χ4n) is 1.11. The van der Waals surface area contributed by atoms with E-state index in [1.807, 2.05) is 0 Å². The van der Waals surface area contributed by atoms with Crippen LogP contribution in [0.2, 0.25) is 0 Å². The van der Waals surface area contributed by atoms with Crippen LogP contribution in [0, 0.1) is 0 Å². The zero-order chi connectivity index (χ0) is 11.3. The summed E-state index contributed by atoms with van der Waals surface area (Å²) in [5.41, 5.74) is 0. The molecule has 0 amide bonds. The van der Waals surface area contributed by atoms with E-state index in [4.69, 9.17) is 4.74 Å². The Bertz CT molecular complexity index is 374. The third kappa shape index (κ3) is 3.01. The van der Waals surface area contributed by atoms with Crippen LogP contribution in [0.25, 0.3) is 0 Å². The molecule has 7 heteroatoms. The van der Waals surface area contributed by atoms with E-state index in [2.05, 4.69) is 10.2 Å². The molecular formula is C8H15N3O3S. The Kier molecular flexibility index (Phi) is 4.25. The molecule has 0 unspecified atom stereocenters. The van der Waals surface area contributed by atoms with Crippen LogP contribution in [0.5, 0.6) is 0 Å². The van der Waals surface area contributed by atoms with Crippen molar-refractivity contribution in [2.75, 3.05) is 27.3 Å². The number of aromatic amines is 1. The summed E-state index contributed by atoms with van der Waals surface area (Å²) in [6.45, 7) is 0.979. The van der Waals surface area contributed by atoms with Crippen molar-refractivity contribution in [2.45, 2.75) is 11.3 Å². The van der Waals surface area contributed by atoms with Crippen LogP contribution in [0.15, 0.2) is 17.3 Å². The molecule has 0 aliphatic carbocycles. The summed E-state index contributed by atoms with van der Waals surface area (Å²) in [6.07, 6.45) is 3.33. The molecule has 0 aliphatic rings. The Balaban J connectivity index is 2.62. The molecule has 0 aliphatic heterocycles. The van der Waals surface area contributed by atoms with Crippen LogP contribution in [-0.4, -0.2) is 50.2 Å². The molecule has 0 atom stereocenters. The Morgan fingerprint density at radius 3 is 2.87 bits per heavy atom. The van der Waals surface area contributed by atoms with Gasteiger partial charge in [0.1, 0.15) is 4.90 Å². The van der Waals surface area contributed by atoms with Gasteiger partial charge < -0.3 is 4.74 Å². The van der Waals surface area contributed by atoms with Gasteiger partial charge in [-0.15, -0.1) is 0 Å². The molecule has 1 aromatic rings. The number of H-pyrrole nitrogens is 1. The van der Waals surface area contributed by atoms with Gasteiger partial charge in [0.25, 0.3) is 0 Å². The fraction of sp³-hybridized carbons (Fsp3) is 0.625.